The number of aromatic nitrogens is 3. The van der Waals surface area contributed by atoms with E-state index in [9.17, 15) is 9.59 Å². The lowest BCUT2D eigenvalue weighted by molar-refractivity contribution is -0.142. The number of methoxy groups -OCH3 is 2. The van der Waals surface area contributed by atoms with Crippen LogP contribution in [0.15, 0.2) is 72.8 Å². The lowest BCUT2D eigenvalue weighted by Gasteiger charge is -2.34. The highest BCUT2D eigenvalue weighted by Gasteiger charge is 2.35. The van der Waals surface area contributed by atoms with Gasteiger partial charge in [0.25, 0.3) is 0 Å². The lowest BCUT2D eigenvalue weighted by atomic mass is 9.99. The first kappa shape index (κ1) is 27.6. The molecule has 0 radical (unpaired) electrons. The summed E-state index contributed by atoms with van der Waals surface area (Å²) in [5, 5.41) is 11.5. The summed E-state index contributed by atoms with van der Waals surface area (Å²) in [6.45, 7) is 5.92. The minimum absolute atomic E-state index is 0.0825. The largest absolute Gasteiger partial charge is 0.497 e. The predicted octanol–water partition coefficient (Wildman–Crippen LogP) is 4.18. The van der Waals surface area contributed by atoms with E-state index in [2.05, 4.69) is 15.6 Å². The standard InChI is InChI=1S/C30H35N5O4/c1-30(2,3)31-29(37)28(23-19-22(38-4)15-16-26(23)39-5)34(18-17-21-11-7-6-8-12-21)27(36)20-35-25-14-10-9-13-24(25)32-33-35/h6-16,19,28H,17-18,20H2,1-5H3,(H,31,37)/t28-/m0/s1. The van der Waals surface area contributed by atoms with Crippen LogP contribution in [0.25, 0.3) is 11.0 Å². The number of benzene rings is 3. The van der Waals surface area contributed by atoms with Gasteiger partial charge >= 0.3 is 0 Å². The van der Waals surface area contributed by atoms with Crippen LogP contribution in [0.5, 0.6) is 11.5 Å². The SMILES string of the molecule is COc1ccc(OC)c([C@@H](C(=O)NC(C)(C)C)N(CCc2ccccc2)C(=O)Cn2nnc3ccccc32)c1. The molecule has 0 unspecified atom stereocenters. The van der Waals surface area contributed by atoms with Crippen molar-refractivity contribution in [1.29, 1.82) is 0 Å². The molecule has 3 aromatic carbocycles. The van der Waals surface area contributed by atoms with Gasteiger partial charge in [-0.2, -0.15) is 0 Å². The number of amides is 2. The molecular formula is C30H35N5O4. The molecule has 2 amide bonds. The van der Waals surface area contributed by atoms with Crippen LogP contribution < -0.4 is 14.8 Å². The van der Waals surface area contributed by atoms with Crippen LogP contribution in [-0.2, 0) is 22.6 Å². The van der Waals surface area contributed by atoms with Gasteiger partial charge in [-0.25, -0.2) is 4.68 Å². The first-order chi connectivity index (χ1) is 18.7. The van der Waals surface area contributed by atoms with E-state index in [1.54, 1.807) is 42.0 Å². The number of carbonyl (C=O) groups is 2. The number of para-hydroxylation sites is 1. The van der Waals surface area contributed by atoms with Crippen molar-refractivity contribution in [2.45, 2.75) is 45.3 Å². The topological polar surface area (TPSA) is 98.6 Å². The second-order valence-corrected chi connectivity index (χ2v) is 10.3. The summed E-state index contributed by atoms with van der Waals surface area (Å²) < 4.78 is 12.7. The van der Waals surface area contributed by atoms with Crippen molar-refractivity contribution in [2.24, 2.45) is 0 Å². The van der Waals surface area contributed by atoms with Crippen molar-refractivity contribution < 1.29 is 19.1 Å². The molecule has 1 N–H and O–H groups in total. The number of hydrogen-bond acceptors (Lipinski definition) is 6. The van der Waals surface area contributed by atoms with Crippen molar-refractivity contribution in [1.82, 2.24) is 25.2 Å². The fraction of sp³-hybridized carbons (Fsp3) is 0.333. The summed E-state index contributed by atoms with van der Waals surface area (Å²) in [6.07, 6.45) is 0.552. The molecule has 0 aliphatic rings. The molecule has 0 saturated heterocycles. The highest BCUT2D eigenvalue weighted by Crippen LogP contribution is 2.34. The molecule has 4 aromatic rings. The zero-order valence-electron chi connectivity index (χ0n) is 23.0. The average Bonchev–Trinajstić information content (AvgIpc) is 3.32. The number of hydrogen-bond donors (Lipinski definition) is 1. The third kappa shape index (κ3) is 6.73. The molecule has 204 valence electrons. The van der Waals surface area contributed by atoms with Crippen molar-refractivity contribution in [3.05, 3.63) is 83.9 Å². The third-order valence-electron chi connectivity index (χ3n) is 6.30. The number of rotatable bonds is 10. The molecule has 1 atom stereocenters. The Balaban J connectivity index is 1.79. The Morgan fingerprint density at radius 2 is 1.69 bits per heavy atom. The van der Waals surface area contributed by atoms with Gasteiger partial charge in [0.1, 0.15) is 29.6 Å². The van der Waals surface area contributed by atoms with Gasteiger partial charge in [-0.05, 0) is 63.1 Å². The van der Waals surface area contributed by atoms with E-state index in [4.69, 9.17) is 9.47 Å². The first-order valence-corrected chi connectivity index (χ1v) is 12.9. The van der Waals surface area contributed by atoms with Crippen LogP contribution in [0.4, 0.5) is 0 Å². The second kappa shape index (κ2) is 12.0. The van der Waals surface area contributed by atoms with E-state index in [0.717, 1.165) is 11.1 Å². The van der Waals surface area contributed by atoms with Gasteiger partial charge in [0, 0.05) is 17.6 Å². The molecular weight excluding hydrogens is 494 g/mol. The summed E-state index contributed by atoms with van der Waals surface area (Å²) in [6, 6.07) is 21.6. The van der Waals surface area contributed by atoms with Crippen LogP contribution in [0.2, 0.25) is 0 Å². The van der Waals surface area contributed by atoms with Crippen LogP contribution in [0, 0.1) is 0 Å². The molecule has 0 bridgehead atoms. The maximum absolute atomic E-state index is 14.1. The normalized spacial score (nSPS) is 12.1. The molecule has 9 heteroatoms. The number of ether oxygens (including phenoxy) is 2. The zero-order chi connectivity index (χ0) is 28.0. The fourth-order valence-electron chi connectivity index (χ4n) is 4.49. The molecule has 39 heavy (non-hydrogen) atoms. The first-order valence-electron chi connectivity index (χ1n) is 12.9. The Labute approximate surface area is 228 Å². The van der Waals surface area contributed by atoms with Gasteiger partial charge in [-0.3, -0.25) is 9.59 Å². The number of nitrogens with zero attached hydrogens (tertiary/aromatic N) is 4. The molecule has 0 spiro atoms. The quantitative estimate of drug-likeness (QED) is 0.331. The monoisotopic (exact) mass is 529 g/mol. The zero-order valence-corrected chi connectivity index (χ0v) is 23.0. The molecule has 1 heterocycles. The molecule has 4 rings (SSSR count). The minimum atomic E-state index is -0.986. The lowest BCUT2D eigenvalue weighted by Crippen LogP contribution is -2.50. The fourth-order valence-corrected chi connectivity index (χ4v) is 4.49. The second-order valence-electron chi connectivity index (χ2n) is 10.3. The Kier molecular flexibility index (Phi) is 8.49. The third-order valence-corrected chi connectivity index (χ3v) is 6.30. The Bertz CT molecular complexity index is 1430. The van der Waals surface area contributed by atoms with Crippen molar-refractivity contribution in [3.8, 4) is 11.5 Å². The summed E-state index contributed by atoms with van der Waals surface area (Å²) in [4.78, 5) is 29.7. The van der Waals surface area contributed by atoms with Crippen molar-refractivity contribution >= 4 is 22.8 Å². The van der Waals surface area contributed by atoms with E-state index < -0.39 is 11.6 Å². The average molecular weight is 530 g/mol. The molecule has 0 saturated carbocycles. The summed E-state index contributed by atoms with van der Waals surface area (Å²) >= 11 is 0. The smallest absolute Gasteiger partial charge is 0.247 e. The molecule has 0 fully saturated rings. The van der Waals surface area contributed by atoms with E-state index in [1.165, 1.54) is 0 Å². The predicted molar refractivity (Wildman–Crippen MR) is 150 cm³/mol. The number of nitrogens with one attached hydrogen (secondary N) is 1. The van der Waals surface area contributed by atoms with Crippen LogP contribution >= 0.6 is 0 Å². The van der Waals surface area contributed by atoms with E-state index >= 15 is 0 Å². The highest BCUT2D eigenvalue weighted by molar-refractivity contribution is 5.90. The summed E-state index contributed by atoms with van der Waals surface area (Å²) in [5.41, 5.74) is 2.48. The maximum Gasteiger partial charge on any atom is 0.247 e. The van der Waals surface area contributed by atoms with Gasteiger partial charge in [0.15, 0.2) is 0 Å². The van der Waals surface area contributed by atoms with Crippen LogP contribution in [-0.4, -0.2) is 58.0 Å². The maximum atomic E-state index is 14.1. The molecule has 0 aliphatic heterocycles. The summed E-state index contributed by atoms with van der Waals surface area (Å²) in [5.74, 6) is 0.435. The van der Waals surface area contributed by atoms with Crippen LogP contribution in [0.1, 0.15) is 37.9 Å². The van der Waals surface area contributed by atoms with Gasteiger partial charge in [0.05, 0.1) is 19.7 Å². The Morgan fingerprint density at radius 1 is 0.974 bits per heavy atom. The Morgan fingerprint density at radius 3 is 2.38 bits per heavy atom. The van der Waals surface area contributed by atoms with Gasteiger partial charge in [-0.1, -0.05) is 47.7 Å². The molecule has 9 nitrogen and oxygen atoms in total. The van der Waals surface area contributed by atoms with Gasteiger partial charge in [-0.15, -0.1) is 5.10 Å². The van der Waals surface area contributed by atoms with E-state index in [1.807, 2.05) is 75.4 Å². The minimum Gasteiger partial charge on any atom is -0.497 e. The van der Waals surface area contributed by atoms with Gasteiger partial charge in [0.2, 0.25) is 11.8 Å². The van der Waals surface area contributed by atoms with Crippen LogP contribution in [0.3, 0.4) is 0 Å². The number of carbonyl (C=O) groups excluding carboxylic acids is 2. The Hall–Kier alpha value is -4.40. The summed E-state index contributed by atoms with van der Waals surface area (Å²) in [7, 11) is 3.10. The number of fused-ring (bicyclic) bond motifs is 1. The van der Waals surface area contributed by atoms with E-state index in [-0.39, 0.29) is 24.9 Å². The van der Waals surface area contributed by atoms with Crippen molar-refractivity contribution in [2.75, 3.05) is 20.8 Å². The molecule has 1 aromatic heterocycles. The van der Waals surface area contributed by atoms with E-state index in [0.29, 0.717) is 29.0 Å². The van der Waals surface area contributed by atoms with Gasteiger partial charge < -0.3 is 19.7 Å². The van der Waals surface area contributed by atoms with Crippen molar-refractivity contribution in [3.63, 3.8) is 0 Å². The highest BCUT2D eigenvalue weighted by atomic mass is 16.5. The molecule has 0 aliphatic carbocycles.